The smallest absolute Gasteiger partial charge is 0.258 e. The molecule has 0 fully saturated rings. The highest BCUT2D eigenvalue weighted by Crippen LogP contribution is 2.52. The minimum Gasteiger partial charge on any atom is -0.493 e. The average Bonchev–Trinajstić information content (AvgIpc) is 2.79. The summed E-state index contributed by atoms with van der Waals surface area (Å²) in [7, 11) is 6.45. The normalized spacial score (nSPS) is 14.2. The number of fused-ring (bicyclic) bond motifs is 1. The Bertz CT molecular complexity index is 932. The van der Waals surface area contributed by atoms with Crippen molar-refractivity contribution in [2.45, 2.75) is 0 Å². The third-order valence-corrected chi connectivity index (χ3v) is 4.52. The number of hydrogen-bond donors (Lipinski definition) is 0. The molecule has 0 unspecified atom stereocenters. The third-order valence-electron chi connectivity index (χ3n) is 4.52. The first-order chi connectivity index (χ1) is 12.1. The number of ether oxygens (including phenoxy) is 4. The second-order valence-corrected chi connectivity index (χ2v) is 5.73. The lowest BCUT2D eigenvalue weighted by Gasteiger charge is -2.17. The number of benzene rings is 2. The van der Waals surface area contributed by atoms with Gasteiger partial charge in [-0.2, -0.15) is 0 Å². The quantitative estimate of drug-likeness (QED) is 0.858. The number of hydrogen-bond acceptors (Lipinski definition) is 5. The van der Waals surface area contributed by atoms with Crippen molar-refractivity contribution in [1.82, 2.24) is 4.90 Å². The Labute approximate surface area is 145 Å². The van der Waals surface area contributed by atoms with Crippen molar-refractivity contribution in [3.8, 4) is 28.7 Å². The summed E-state index contributed by atoms with van der Waals surface area (Å²) in [4.78, 5) is 14.2. The third kappa shape index (κ3) is 2.00. The fourth-order valence-electron chi connectivity index (χ4n) is 3.27. The van der Waals surface area contributed by atoms with Crippen molar-refractivity contribution in [2.75, 3.05) is 28.4 Å². The van der Waals surface area contributed by atoms with Crippen molar-refractivity contribution in [3.63, 3.8) is 0 Å². The first-order valence-corrected chi connectivity index (χ1v) is 7.74. The van der Waals surface area contributed by atoms with E-state index in [1.807, 2.05) is 18.2 Å². The Balaban J connectivity index is 2.06. The van der Waals surface area contributed by atoms with E-state index in [1.165, 1.54) is 0 Å². The van der Waals surface area contributed by atoms with Gasteiger partial charge in [-0.1, -0.05) is 0 Å². The summed E-state index contributed by atoms with van der Waals surface area (Å²) in [6, 6.07) is 7.18. The van der Waals surface area contributed by atoms with Crippen LogP contribution in [0.4, 0.5) is 0 Å². The van der Waals surface area contributed by atoms with Gasteiger partial charge in [0.2, 0.25) is 5.75 Å². The number of carbonyl (C=O) groups excluding carboxylic acids is 1. The largest absolute Gasteiger partial charge is 0.493 e. The van der Waals surface area contributed by atoms with Gasteiger partial charge in [0, 0.05) is 12.6 Å². The van der Waals surface area contributed by atoms with Crippen LogP contribution in [0.5, 0.6) is 28.7 Å². The lowest BCUT2D eigenvalue weighted by molar-refractivity contribution is 0.0875. The molecule has 0 aliphatic carbocycles. The molecule has 2 heterocycles. The highest BCUT2D eigenvalue weighted by atomic mass is 16.5. The van der Waals surface area contributed by atoms with Crippen molar-refractivity contribution in [3.05, 3.63) is 41.0 Å². The van der Waals surface area contributed by atoms with E-state index < -0.39 is 0 Å². The second kappa shape index (κ2) is 5.44. The maximum absolute atomic E-state index is 12.5. The molecule has 0 spiro atoms. The highest BCUT2D eigenvalue weighted by molar-refractivity contribution is 6.13. The molecule has 25 heavy (non-hydrogen) atoms. The zero-order chi connectivity index (χ0) is 17.7. The van der Waals surface area contributed by atoms with Crippen LogP contribution in [0.2, 0.25) is 0 Å². The molecule has 2 aromatic carbocycles. The molecular weight excluding hydrogens is 322 g/mol. The van der Waals surface area contributed by atoms with Gasteiger partial charge in [0.05, 0.1) is 38.2 Å². The SMILES string of the molecule is COc1ccc2c(c1OC)Oc1c(OC)ccc3c1C(=C2)N(C)C3=O. The van der Waals surface area contributed by atoms with Crippen LogP contribution in [0.1, 0.15) is 21.5 Å². The standard InChI is InChI=1S/C19H17NO5/c1-20-12-9-10-5-7-14(23-3)18(24-4)16(10)25-17-13(22-2)8-6-11(15(12)17)19(20)21/h5-9H,1-4H3. The van der Waals surface area contributed by atoms with E-state index in [0.717, 1.165) is 16.8 Å². The van der Waals surface area contributed by atoms with Gasteiger partial charge in [-0.25, -0.2) is 0 Å². The molecule has 6 nitrogen and oxygen atoms in total. The molecular formula is C19H17NO5. The van der Waals surface area contributed by atoms with Crippen LogP contribution in [0.3, 0.4) is 0 Å². The first kappa shape index (κ1) is 15.4. The fourth-order valence-corrected chi connectivity index (χ4v) is 3.27. The predicted molar refractivity (Wildman–Crippen MR) is 92.6 cm³/mol. The monoisotopic (exact) mass is 339 g/mol. The van der Waals surface area contributed by atoms with Crippen molar-refractivity contribution >= 4 is 17.7 Å². The van der Waals surface area contributed by atoms with Crippen LogP contribution in [-0.4, -0.2) is 39.2 Å². The first-order valence-electron chi connectivity index (χ1n) is 7.74. The summed E-state index contributed by atoms with van der Waals surface area (Å²) in [6.07, 6.45) is 1.91. The van der Waals surface area contributed by atoms with Crippen LogP contribution >= 0.6 is 0 Å². The Hall–Kier alpha value is -3.15. The number of amides is 1. The van der Waals surface area contributed by atoms with Crippen LogP contribution in [0.15, 0.2) is 24.3 Å². The maximum Gasteiger partial charge on any atom is 0.258 e. The Morgan fingerprint density at radius 3 is 2.32 bits per heavy atom. The second-order valence-electron chi connectivity index (χ2n) is 5.73. The lowest BCUT2D eigenvalue weighted by atomic mass is 10.0. The molecule has 2 aliphatic heterocycles. The summed E-state index contributed by atoms with van der Waals surface area (Å²) in [5.74, 6) is 2.55. The molecule has 4 rings (SSSR count). The Morgan fingerprint density at radius 1 is 0.920 bits per heavy atom. The van der Waals surface area contributed by atoms with Crippen molar-refractivity contribution in [2.24, 2.45) is 0 Å². The van der Waals surface area contributed by atoms with Gasteiger partial charge in [0.25, 0.3) is 5.91 Å². The lowest BCUT2D eigenvalue weighted by Crippen LogP contribution is -2.16. The number of rotatable bonds is 3. The Kier molecular flexibility index (Phi) is 3.35. The highest BCUT2D eigenvalue weighted by Gasteiger charge is 2.37. The molecule has 128 valence electrons. The molecule has 0 saturated heterocycles. The van der Waals surface area contributed by atoms with Gasteiger partial charge >= 0.3 is 0 Å². The van der Waals surface area contributed by atoms with E-state index in [0.29, 0.717) is 34.3 Å². The van der Waals surface area contributed by atoms with Crippen molar-refractivity contribution in [1.29, 1.82) is 0 Å². The fraction of sp³-hybridized carbons (Fsp3) is 0.211. The van der Waals surface area contributed by atoms with Gasteiger partial charge in [-0.15, -0.1) is 0 Å². The van der Waals surface area contributed by atoms with E-state index in [1.54, 1.807) is 45.4 Å². The molecule has 1 amide bonds. The van der Waals surface area contributed by atoms with Crippen LogP contribution in [-0.2, 0) is 0 Å². The van der Waals surface area contributed by atoms with Gasteiger partial charge in [0.1, 0.15) is 0 Å². The van der Waals surface area contributed by atoms with Gasteiger partial charge in [0.15, 0.2) is 23.0 Å². The molecule has 0 saturated carbocycles. The Morgan fingerprint density at radius 2 is 1.64 bits per heavy atom. The predicted octanol–water partition coefficient (Wildman–Crippen LogP) is 3.40. The van der Waals surface area contributed by atoms with E-state index >= 15 is 0 Å². The molecule has 0 radical (unpaired) electrons. The molecule has 0 N–H and O–H groups in total. The summed E-state index contributed by atoms with van der Waals surface area (Å²) in [5, 5.41) is 0. The van der Waals surface area contributed by atoms with Gasteiger partial charge in [-0.3, -0.25) is 4.79 Å². The summed E-state index contributed by atoms with van der Waals surface area (Å²) in [5.41, 5.74) is 2.87. The minimum absolute atomic E-state index is 0.0716. The number of methoxy groups -OCH3 is 3. The van der Waals surface area contributed by atoms with Crippen LogP contribution < -0.4 is 18.9 Å². The summed E-state index contributed by atoms with van der Waals surface area (Å²) in [6.45, 7) is 0. The van der Waals surface area contributed by atoms with E-state index in [-0.39, 0.29) is 5.91 Å². The molecule has 0 atom stereocenters. The van der Waals surface area contributed by atoms with E-state index in [9.17, 15) is 4.79 Å². The molecule has 0 aromatic heterocycles. The minimum atomic E-state index is -0.0716. The van der Waals surface area contributed by atoms with Crippen molar-refractivity contribution < 1.29 is 23.7 Å². The van der Waals surface area contributed by atoms with Gasteiger partial charge in [-0.05, 0) is 30.3 Å². The van der Waals surface area contributed by atoms with E-state index in [4.69, 9.17) is 18.9 Å². The topological polar surface area (TPSA) is 57.2 Å². The zero-order valence-electron chi connectivity index (χ0n) is 14.4. The number of carbonyl (C=O) groups is 1. The zero-order valence-corrected chi connectivity index (χ0v) is 14.4. The average molecular weight is 339 g/mol. The molecule has 0 bridgehead atoms. The number of nitrogens with zero attached hydrogens (tertiary/aromatic N) is 1. The van der Waals surface area contributed by atoms with Crippen LogP contribution in [0.25, 0.3) is 11.8 Å². The summed E-state index contributed by atoms with van der Waals surface area (Å²) >= 11 is 0. The van der Waals surface area contributed by atoms with Gasteiger partial charge < -0.3 is 23.8 Å². The molecule has 2 aliphatic rings. The molecule has 2 aromatic rings. The maximum atomic E-state index is 12.5. The van der Waals surface area contributed by atoms with Crippen LogP contribution in [0, 0.1) is 0 Å². The van der Waals surface area contributed by atoms with E-state index in [2.05, 4.69) is 0 Å². The summed E-state index contributed by atoms with van der Waals surface area (Å²) < 4.78 is 22.6. The molecule has 6 heteroatoms.